The van der Waals surface area contributed by atoms with Gasteiger partial charge >= 0.3 is 0 Å². The summed E-state index contributed by atoms with van der Waals surface area (Å²) in [6.45, 7) is 4.94. The van der Waals surface area contributed by atoms with Crippen molar-refractivity contribution < 1.29 is 4.74 Å². The standard InChI is InChI=1S/C13H15Cl2N3OS/c1-13(2)4-3-7(19-13)6-16-10-8(14)5-9(15)11-12(10)18-20-17-11/h5,7,16H,3-4,6H2,1-2H3. The van der Waals surface area contributed by atoms with E-state index < -0.39 is 0 Å². The summed E-state index contributed by atoms with van der Waals surface area (Å²) in [5.41, 5.74) is 2.17. The number of nitrogens with one attached hydrogen (secondary N) is 1. The third-order valence-electron chi connectivity index (χ3n) is 3.50. The van der Waals surface area contributed by atoms with Gasteiger partial charge in [-0.1, -0.05) is 23.2 Å². The quantitative estimate of drug-likeness (QED) is 0.851. The van der Waals surface area contributed by atoms with E-state index in [9.17, 15) is 0 Å². The van der Waals surface area contributed by atoms with Crippen LogP contribution in [0, 0.1) is 0 Å². The zero-order valence-corrected chi connectivity index (χ0v) is 13.6. The highest BCUT2D eigenvalue weighted by Gasteiger charge is 2.31. The maximum atomic E-state index is 6.26. The maximum absolute atomic E-state index is 6.26. The van der Waals surface area contributed by atoms with Gasteiger partial charge in [-0.05, 0) is 32.8 Å². The summed E-state index contributed by atoms with van der Waals surface area (Å²) in [5.74, 6) is 0. The number of anilines is 1. The minimum atomic E-state index is -0.0341. The summed E-state index contributed by atoms with van der Waals surface area (Å²) in [6, 6.07) is 1.70. The molecule has 20 heavy (non-hydrogen) atoms. The van der Waals surface area contributed by atoms with Crippen LogP contribution in [-0.2, 0) is 16.1 Å². The number of fused-ring (bicyclic) bond motifs is 1. The van der Waals surface area contributed by atoms with E-state index >= 15 is 0 Å². The van der Waals surface area contributed by atoms with Gasteiger partial charge in [-0.3, -0.25) is 0 Å². The third kappa shape index (κ3) is 2.72. The molecule has 108 valence electrons. The lowest BCUT2D eigenvalue weighted by Gasteiger charge is -2.20. The summed E-state index contributed by atoms with van der Waals surface area (Å²) in [4.78, 5) is 0. The van der Waals surface area contributed by atoms with Crippen LogP contribution < -0.4 is 5.32 Å². The van der Waals surface area contributed by atoms with E-state index in [0.29, 0.717) is 22.3 Å². The molecule has 1 atom stereocenters. The zero-order valence-electron chi connectivity index (χ0n) is 11.2. The average Bonchev–Trinajstić information content (AvgIpc) is 2.96. The first-order valence-electron chi connectivity index (χ1n) is 6.48. The van der Waals surface area contributed by atoms with Crippen LogP contribution in [0.4, 0.5) is 17.1 Å². The molecular weight excluding hydrogens is 317 g/mol. The fraction of sp³-hybridized carbons (Fsp3) is 0.538. The van der Waals surface area contributed by atoms with Crippen LogP contribution in [-0.4, -0.2) is 18.2 Å². The maximum Gasteiger partial charge on any atom is 0.130 e. The lowest BCUT2D eigenvalue weighted by Crippen LogP contribution is -2.24. The SMILES string of the molecule is CC1(C)CCC(CNc2c(Cl)cc(Cl)c3c2N=S=N3)O1. The fourth-order valence-electron chi connectivity index (χ4n) is 2.48. The largest absolute Gasteiger partial charge is 0.379 e. The van der Waals surface area contributed by atoms with E-state index in [1.54, 1.807) is 6.07 Å². The topological polar surface area (TPSA) is 46.0 Å². The highest BCUT2D eigenvalue weighted by atomic mass is 35.5. The molecule has 2 aliphatic heterocycles. The Morgan fingerprint density at radius 2 is 2.10 bits per heavy atom. The van der Waals surface area contributed by atoms with Gasteiger partial charge in [0.05, 0.1) is 38.8 Å². The molecule has 0 aromatic heterocycles. The lowest BCUT2D eigenvalue weighted by atomic mass is 10.1. The molecule has 0 spiro atoms. The first-order valence-corrected chi connectivity index (χ1v) is 7.97. The number of rotatable bonds is 3. The smallest absolute Gasteiger partial charge is 0.130 e. The first-order chi connectivity index (χ1) is 9.46. The summed E-state index contributed by atoms with van der Waals surface area (Å²) < 4.78 is 14.4. The Morgan fingerprint density at radius 1 is 1.35 bits per heavy atom. The van der Waals surface area contributed by atoms with Crippen molar-refractivity contribution in [3.05, 3.63) is 16.1 Å². The highest BCUT2D eigenvalue weighted by Crippen LogP contribution is 2.47. The minimum absolute atomic E-state index is 0.0341. The molecule has 1 saturated heterocycles. The Bertz CT molecular complexity index is 627. The van der Waals surface area contributed by atoms with Gasteiger partial charge in [0.2, 0.25) is 0 Å². The van der Waals surface area contributed by atoms with E-state index in [0.717, 1.165) is 35.6 Å². The molecule has 1 aromatic rings. The molecule has 7 heteroatoms. The van der Waals surface area contributed by atoms with Crippen molar-refractivity contribution in [3.8, 4) is 0 Å². The highest BCUT2D eigenvalue weighted by molar-refractivity contribution is 7.58. The van der Waals surface area contributed by atoms with Crippen molar-refractivity contribution >= 4 is 51.6 Å². The van der Waals surface area contributed by atoms with Gasteiger partial charge in [-0.15, -0.1) is 0 Å². The minimum Gasteiger partial charge on any atom is -0.379 e. The number of halogens is 2. The van der Waals surface area contributed by atoms with Crippen molar-refractivity contribution in [1.82, 2.24) is 0 Å². The number of benzene rings is 1. The normalized spacial score (nSPS) is 22.7. The van der Waals surface area contributed by atoms with Crippen LogP contribution in [0.25, 0.3) is 0 Å². The average molecular weight is 332 g/mol. The van der Waals surface area contributed by atoms with Gasteiger partial charge in [0.15, 0.2) is 0 Å². The molecular formula is C13H15Cl2N3OS. The van der Waals surface area contributed by atoms with Gasteiger partial charge in [-0.2, -0.15) is 8.73 Å². The van der Waals surface area contributed by atoms with Gasteiger partial charge in [0.1, 0.15) is 11.4 Å². The van der Waals surface area contributed by atoms with Crippen molar-refractivity contribution in [3.63, 3.8) is 0 Å². The van der Waals surface area contributed by atoms with Crippen molar-refractivity contribution in [2.24, 2.45) is 8.73 Å². The molecule has 1 unspecified atom stereocenters. The van der Waals surface area contributed by atoms with E-state index in [2.05, 4.69) is 27.9 Å². The Morgan fingerprint density at radius 3 is 2.80 bits per heavy atom. The lowest BCUT2D eigenvalue weighted by molar-refractivity contribution is -0.00910. The second-order valence-electron chi connectivity index (χ2n) is 5.60. The summed E-state index contributed by atoms with van der Waals surface area (Å²) in [5, 5.41) is 4.43. The summed E-state index contributed by atoms with van der Waals surface area (Å²) >= 11 is 13.5. The van der Waals surface area contributed by atoms with Crippen LogP contribution >= 0.6 is 23.2 Å². The molecule has 1 N–H and O–H groups in total. The van der Waals surface area contributed by atoms with Gasteiger partial charge in [0, 0.05) is 6.54 Å². The molecule has 2 heterocycles. The van der Waals surface area contributed by atoms with Gasteiger partial charge in [-0.25, -0.2) is 0 Å². The fourth-order valence-corrected chi connectivity index (χ4v) is 3.66. The molecule has 3 rings (SSSR count). The molecule has 0 bridgehead atoms. The monoisotopic (exact) mass is 331 g/mol. The van der Waals surface area contributed by atoms with E-state index in [4.69, 9.17) is 27.9 Å². The molecule has 0 aliphatic carbocycles. The molecule has 1 fully saturated rings. The Hall–Kier alpha value is -0.620. The van der Waals surface area contributed by atoms with E-state index in [1.807, 2.05) is 0 Å². The summed E-state index contributed by atoms with van der Waals surface area (Å²) in [7, 11) is 0. The molecule has 1 aromatic carbocycles. The zero-order chi connectivity index (χ0) is 14.3. The third-order valence-corrected chi connectivity index (χ3v) is 4.62. The second kappa shape index (κ2) is 5.30. The molecule has 0 saturated carbocycles. The molecule has 0 amide bonds. The van der Waals surface area contributed by atoms with Crippen LogP contribution in [0.1, 0.15) is 26.7 Å². The number of hydrogen-bond acceptors (Lipinski definition) is 4. The van der Waals surface area contributed by atoms with Crippen molar-refractivity contribution in [1.29, 1.82) is 0 Å². The summed E-state index contributed by atoms with van der Waals surface area (Å²) in [6.07, 6.45) is 2.31. The second-order valence-corrected chi connectivity index (χ2v) is 6.94. The first kappa shape index (κ1) is 14.3. The van der Waals surface area contributed by atoms with Crippen LogP contribution in [0.15, 0.2) is 14.8 Å². The molecule has 4 nitrogen and oxygen atoms in total. The van der Waals surface area contributed by atoms with Crippen molar-refractivity contribution in [2.45, 2.75) is 38.4 Å². The van der Waals surface area contributed by atoms with Gasteiger partial charge in [0.25, 0.3) is 0 Å². The predicted molar refractivity (Wildman–Crippen MR) is 84.7 cm³/mol. The Balaban J connectivity index is 1.76. The van der Waals surface area contributed by atoms with Crippen LogP contribution in [0.3, 0.4) is 0 Å². The van der Waals surface area contributed by atoms with Crippen LogP contribution in [0.5, 0.6) is 0 Å². The van der Waals surface area contributed by atoms with Gasteiger partial charge < -0.3 is 10.1 Å². The van der Waals surface area contributed by atoms with Crippen LogP contribution in [0.2, 0.25) is 10.0 Å². The van der Waals surface area contributed by atoms with Crippen molar-refractivity contribution in [2.75, 3.05) is 11.9 Å². The Labute approximate surface area is 131 Å². The Kier molecular flexibility index (Phi) is 3.79. The van der Waals surface area contributed by atoms with E-state index in [-0.39, 0.29) is 11.7 Å². The molecule has 0 radical (unpaired) electrons. The number of ether oxygens (including phenoxy) is 1. The molecule has 2 aliphatic rings. The number of hydrogen-bond donors (Lipinski definition) is 1. The number of nitrogens with zero attached hydrogens (tertiary/aromatic N) is 2. The van der Waals surface area contributed by atoms with E-state index in [1.165, 1.54) is 0 Å². The predicted octanol–water partition coefficient (Wildman–Crippen LogP) is 5.09.